The van der Waals surface area contributed by atoms with E-state index >= 15 is 0 Å². The topological polar surface area (TPSA) is 122 Å². The number of carbonyl (C=O) groups is 1. The normalized spacial score (nSPS) is 11.2. The first-order valence-electron chi connectivity index (χ1n) is 7.74. The molecule has 0 aliphatic carbocycles. The number of amides is 1. The Bertz CT molecular complexity index is 1020. The van der Waals surface area contributed by atoms with Crippen molar-refractivity contribution in [3.8, 4) is 5.75 Å². The summed E-state index contributed by atoms with van der Waals surface area (Å²) in [6.07, 6.45) is 0. The molecule has 2 aromatic carbocycles. The van der Waals surface area contributed by atoms with Gasteiger partial charge in [0.05, 0.1) is 17.3 Å². The molecule has 0 fully saturated rings. The molecule has 0 saturated carbocycles. The van der Waals surface area contributed by atoms with E-state index in [1.165, 1.54) is 25.3 Å². The monoisotopic (exact) mass is 449 g/mol. The highest BCUT2D eigenvalue weighted by Crippen LogP contribution is 2.23. The third-order valence-electron chi connectivity index (χ3n) is 3.55. The molecule has 144 valence electrons. The Morgan fingerprint density at radius 2 is 2.00 bits per heavy atom. The van der Waals surface area contributed by atoms with Crippen LogP contribution in [0.5, 0.6) is 5.75 Å². The molecule has 3 N–H and O–H groups in total. The first kappa shape index (κ1) is 19.5. The highest BCUT2D eigenvalue weighted by atomic mass is 79.9. The Labute approximate surface area is 166 Å². The molecule has 1 heterocycles. The van der Waals surface area contributed by atoms with Crippen LogP contribution in [0.15, 0.2) is 56.6 Å². The predicted octanol–water partition coefficient (Wildman–Crippen LogP) is 3.29. The Hall–Kier alpha value is -3.31. The van der Waals surface area contributed by atoms with Crippen LogP contribution in [-0.2, 0) is 0 Å². The number of hydroxylamine groups is 1. The van der Waals surface area contributed by atoms with E-state index in [1.54, 1.807) is 24.3 Å². The number of aromatic nitrogens is 2. The molecule has 11 heteroatoms. The number of aliphatic imine (C=N–C) groups is 1. The van der Waals surface area contributed by atoms with Crippen LogP contribution in [0, 0.1) is 5.82 Å². The van der Waals surface area contributed by atoms with Crippen molar-refractivity contribution in [2.45, 2.75) is 0 Å². The summed E-state index contributed by atoms with van der Waals surface area (Å²) in [5, 5.41) is 19.2. The van der Waals surface area contributed by atoms with Crippen LogP contribution in [0.3, 0.4) is 0 Å². The average molecular weight is 450 g/mol. The first-order valence-corrected chi connectivity index (χ1v) is 8.53. The van der Waals surface area contributed by atoms with Crippen molar-refractivity contribution in [1.82, 2.24) is 15.8 Å². The maximum Gasteiger partial charge on any atom is 0.256 e. The molecule has 0 saturated heterocycles. The van der Waals surface area contributed by atoms with Gasteiger partial charge < -0.3 is 10.1 Å². The van der Waals surface area contributed by atoms with E-state index in [1.807, 2.05) is 5.48 Å². The average Bonchev–Trinajstić information content (AvgIpc) is 3.16. The molecule has 1 amide bonds. The molecule has 0 aliphatic heterocycles. The van der Waals surface area contributed by atoms with E-state index in [2.05, 4.69) is 41.2 Å². The number of rotatable bonds is 5. The Morgan fingerprint density at radius 1 is 1.25 bits per heavy atom. The molecular weight excluding hydrogens is 437 g/mol. The number of anilines is 1. The smallest absolute Gasteiger partial charge is 0.256 e. The SMILES string of the molecule is COc1ccc(C(=O)Nc2nonc2C(=Nc2ccc(F)c(Br)c2)NO)cc1. The molecule has 0 unspecified atom stereocenters. The van der Waals surface area contributed by atoms with Crippen LogP contribution >= 0.6 is 15.9 Å². The van der Waals surface area contributed by atoms with Crippen molar-refractivity contribution in [3.05, 3.63) is 64.0 Å². The fraction of sp³-hybridized carbons (Fsp3) is 0.0588. The number of methoxy groups -OCH3 is 1. The lowest BCUT2D eigenvalue weighted by Crippen LogP contribution is -2.23. The van der Waals surface area contributed by atoms with E-state index in [0.717, 1.165) is 0 Å². The number of ether oxygens (including phenoxy) is 1. The molecular formula is C17H13BrFN5O4. The van der Waals surface area contributed by atoms with Gasteiger partial charge in [-0.2, -0.15) is 0 Å². The van der Waals surface area contributed by atoms with Gasteiger partial charge in [0.25, 0.3) is 5.91 Å². The van der Waals surface area contributed by atoms with Gasteiger partial charge in [-0.05, 0) is 68.7 Å². The summed E-state index contributed by atoms with van der Waals surface area (Å²) >= 11 is 3.05. The minimum absolute atomic E-state index is 0.0511. The Kier molecular flexibility index (Phi) is 5.96. The summed E-state index contributed by atoms with van der Waals surface area (Å²) < 4.78 is 23.2. The zero-order valence-corrected chi connectivity index (χ0v) is 15.9. The van der Waals surface area contributed by atoms with Crippen LogP contribution < -0.4 is 15.5 Å². The summed E-state index contributed by atoms with van der Waals surface area (Å²) in [5.41, 5.74) is 2.46. The summed E-state index contributed by atoms with van der Waals surface area (Å²) in [4.78, 5) is 16.5. The van der Waals surface area contributed by atoms with Crippen LogP contribution in [0.4, 0.5) is 15.9 Å². The first-order chi connectivity index (χ1) is 13.5. The van der Waals surface area contributed by atoms with Crippen molar-refractivity contribution in [2.24, 2.45) is 4.99 Å². The number of halogens is 2. The Balaban J connectivity index is 1.85. The summed E-state index contributed by atoms with van der Waals surface area (Å²) in [6, 6.07) is 10.4. The third-order valence-corrected chi connectivity index (χ3v) is 4.15. The molecule has 0 radical (unpaired) electrons. The van der Waals surface area contributed by atoms with E-state index in [0.29, 0.717) is 17.0 Å². The van der Waals surface area contributed by atoms with Crippen LogP contribution in [-0.4, -0.2) is 34.4 Å². The van der Waals surface area contributed by atoms with Gasteiger partial charge >= 0.3 is 0 Å². The zero-order chi connectivity index (χ0) is 20.1. The van der Waals surface area contributed by atoms with E-state index < -0.39 is 11.7 Å². The van der Waals surface area contributed by atoms with Crippen molar-refractivity contribution in [1.29, 1.82) is 0 Å². The summed E-state index contributed by atoms with van der Waals surface area (Å²) in [7, 11) is 1.52. The maximum absolute atomic E-state index is 13.4. The molecule has 28 heavy (non-hydrogen) atoms. The van der Waals surface area contributed by atoms with E-state index in [4.69, 9.17) is 4.74 Å². The molecule has 0 spiro atoms. The number of carbonyl (C=O) groups excluding carboxylic acids is 1. The fourth-order valence-corrected chi connectivity index (χ4v) is 2.53. The van der Waals surface area contributed by atoms with Crippen molar-refractivity contribution < 1.29 is 23.8 Å². The number of benzene rings is 2. The number of hydrogen-bond donors (Lipinski definition) is 3. The molecule has 0 atom stereocenters. The van der Waals surface area contributed by atoms with Gasteiger partial charge in [0.1, 0.15) is 11.6 Å². The molecule has 0 aliphatic rings. The number of hydrogen-bond acceptors (Lipinski definition) is 7. The second-order valence-electron chi connectivity index (χ2n) is 5.31. The van der Waals surface area contributed by atoms with Gasteiger partial charge in [-0.25, -0.2) is 14.0 Å². The predicted molar refractivity (Wildman–Crippen MR) is 100 cm³/mol. The summed E-state index contributed by atoms with van der Waals surface area (Å²) in [5.74, 6) is -0.578. The van der Waals surface area contributed by atoms with Crippen LogP contribution in [0.25, 0.3) is 0 Å². The molecule has 0 bridgehead atoms. The minimum atomic E-state index is -0.485. The number of nitrogens with zero attached hydrogens (tertiary/aromatic N) is 3. The lowest BCUT2D eigenvalue weighted by atomic mass is 10.2. The van der Waals surface area contributed by atoms with Crippen LogP contribution in [0.1, 0.15) is 16.1 Å². The largest absolute Gasteiger partial charge is 0.497 e. The van der Waals surface area contributed by atoms with Crippen LogP contribution in [0.2, 0.25) is 0 Å². The molecule has 3 aromatic rings. The number of nitrogens with one attached hydrogen (secondary N) is 2. The van der Waals surface area contributed by atoms with E-state index in [-0.39, 0.29) is 21.8 Å². The molecule has 9 nitrogen and oxygen atoms in total. The molecule has 3 rings (SSSR count). The quantitative estimate of drug-likeness (QED) is 0.310. The fourth-order valence-electron chi connectivity index (χ4n) is 2.16. The van der Waals surface area contributed by atoms with Gasteiger partial charge in [0.2, 0.25) is 5.82 Å². The van der Waals surface area contributed by atoms with Gasteiger partial charge in [-0.3, -0.25) is 15.5 Å². The maximum atomic E-state index is 13.4. The van der Waals surface area contributed by atoms with Crippen molar-refractivity contribution >= 4 is 39.2 Å². The highest BCUT2D eigenvalue weighted by Gasteiger charge is 2.19. The van der Waals surface area contributed by atoms with Gasteiger partial charge in [0, 0.05) is 5.56 Å². The lowest BCUT2D eigenvalue weighted by Gasteiger charge is -2.06. The second kappa shape index (κ2) is 8.59. The second-order valence-corrected chi connectivity index (χ2v) is 6.17. The van der Waals surface area contributed by atoms with Gasteiger partial charge in [-0.1, -0.05) is 0 Å². The lowest BCUT2D eigenvalue weighted by molar-refractivity contribution is 0.102. The summed E-state index contributed by atoms with van der Waals surface area (Å²) in [6.45, 7) is 0. The highest BCUT2D eigenvalue weighted by molar-refractivity contribution is 9.10. The molecule has 1 aromatic heterocycles. The number of amidine groups is 1. The van der Waals surface area contributed by atoms with Crippen molar-refractivity contribution in [3.63, 3.8) is 0 Å². The van der Waals surface area contributed by atoms with Gasteiger partial charge in [-0.15, -0.1) is 0 Å². The van der Waals surface area contributed by atoms with Crippen molar-refractivity contribution in [2.75, 3.05) is 12.4 Å². The third kappa shape index (κ3) is 4.32. The van der Waals surface area contributed by atoms with E-state index in [9.17, 15) is 14.4 Å². The Morgan fingerprint density at radius 3 is 2.64 bits per heavy atom. The standard InChI is InChI=1S/C17H13BrFN5O4/c1-27-11-5-2-9(3-6-11)17(25)21-16-14(23-28-24-16)15(22-26)20-10-4-7-13(19)12(18)8-10/h2-8,26H,1H3,(H,20,22)(H,21,24,25). The minimum Gasteiger partial charge on any atom is -0.497 e. The van der Waals surface area contributed by atoms with Gasteiger partial charge in [0.15, 0.2) is 11.5 Å². The zero-order valence-electron chi connectivity index (χ0n) is 14.3.